The molecule has 0 saturated carbocycles. The molecule has 0 aliphatic rings. The maximum absolute atomic E-state index is 13.7. The van der Waals surface area contributed by atoms with Gasteiger partial charge in [0.15, 0.2) is 0 Å². The molecule has 96 valence electrons. The highest BCUT2D eigenvalue weighted by Gasteiger charge is 2.40. The zero-order valence-electron chi connectivity index (χ0n) is 10.6. The third-order valence-electron chi connectivity index (χ3n) is 3.36. The zero-order valence-corrected chi connectivity index (χ0v) is 12.1. The Balaban J connectivity index is 2.98. The number of methoxy groups -OCH3 is 1. The van der Waals surface area contributed by atoms with Crippen LogP contribution < -0.4 is 0 Å². The second-order valence-electron chi connectivity index (χ2n) is 4.90. The Bertz CT molecular complexity index is 402. The highest BCUT2D eigenvalue weighted by atomic mass is 79.9. The van der Waals surface area contributed by atoms with Gasteiger partial charge >= 0.3 is 0 Å². The van der Waals surface area contributed by atoms with Gasteiger partial charge in [0.1, 0.15) is 5.82 Å². The van der Waals surface area contributed by atoms with Gasteiger partial charge in [-0.15, -0.1) is 0 Å². The van der Waals surface area contributed by atoms with Gasteiger partial charge in [0.2, 0.25) is 0 Å². The van der Waals surface area contributed by atoms with Crippen molar-refractivity contribution in [2.45, 2.75) is 38.4 Å². The van der Waals surface area contributed by atoms with Crippen molar-refractivity contribution in [2.75, 3.05) is 7.11 Å². The van der Waals surface area contributed by atoms with Crippen LogP contribution in [0.4, 0.5) is 4.39 Å². The number of hydrogen-bond donors (Lipinski definition) is 1. The fraction of sp³-hybridized carbons (Fsp3) is 0.538. The molecule has 0 aliphatic heterocycles. The SMILES string of the molecule is COC(C)(C)C(C)(O)Cc1ccc(Br)cc1F. The largest absolute Gasteiger partial charge is 0.387 e. The molecule has 1 aromatic rings. The smallest absolute Gasteiger partial charge is 0.127 e. The van der Waals surface area contributed by atoms with Crippen LogP contribution in [0.2, 0.25) is 0 Å². The fourth-order valence-electron chi connectivity index (χ4n) is 1.47. The molecule has 0 heterocycles. The molecule has 1 unspecified atom stereocenters. The molecule has 4 heteroatoms. The van der Waals surface area contributed by atoms with E-state index in [4.69, 9.17) is 4.74 Å². The van der Waals surface area contributed by atoms with Crippen LogP contribution in [0.15, 0.2) is 22.7 Å². The highest BCUT2D eigenvalue weighted by molar-refractivity contribution is 9.10. The summed E-state index contributed by atoms with van der Waals surface area (Å²) in [5.41, 5.74) is -1.41. The molecule has 0 saturated heterocycles. The van der Waals surface area contributed by atoms with E-state index in [2.05, 4.69) is 15.9 Å². The zero-order chi connectivity index (χ0) is 13.3. The summed E-state index contributed by atoms with van der Waals surface area (Å²) in [4.78, 5) is 0. The Morgan fingerprint density at radius 2 is 1.94 bits per heavy atom. The summed E-state index contributed by atoms with van der Waals surface area (Å²) in [7, 11) is 1.53. The molecule has 17 heavy (non-hydrogen) atoms. The molecule has 0 spiro atoms. The van der Waals surface area contributed by atoms with Crippen molar-refractivity contribution in [3.05, 3.63) is 34.1 Å². The molecular formula is C13H18BrFO2. The van der Waals surface area contributed by atoms with Gasteiger partial charge in [-0.05, 0) is 38.5 Å². The summed E-state index contributed by atoms with van der Waals surface area (Å²) in [6.07, 6.45) is 0.201. The lowest BCUT2D eigenvalue weighted by Gasteiger charge is -2.39. The number of benzene rings is 1. The van der Waals surface area contributed by atoms with Gasteiger partial charge < -0.3 is 9.84 Å². The standard InChI is InChI=1S/C13H18BrFO2/c1-12(2,17-4)13(3,16)8-9-5-6-10(14)7-11(9)15/h5-7,16H,8H2,1-4H3. The van der Waals surface area contributed by atoms with Crippen molar-refractivity contribution in [1.82, 2.24) is 0 Å². The lowest BCUT2D eigenvalue weighted by molar-refractivity contribution is -0.139. The third kappa shape index (κ3) is 3.27. The summed E-state index contributed by atoms with van der Waals surface area (Å²) in [5, 5.41) is 10.4. The monoisotopic (exact) mass is 304 g/mol. The number of aliphatic hydroxyl groups is 1. The van der Waals surface area contributed by atoms with Gasteiger partial charge in [-0.3, -0.25) is 0 Å². The molecule has 2 nitrogen and oxygen atoms in total. The molecule has 0 radical (unpaired) electrons. The second kappa shape index (κ2) is 5.04. The third-order valence-corrected chi connectivity index (χ3v) is 3.85. The van der Waals surface area contributed by atoms with Crippen LogP contribution in [0.3, 0.4) is 0 Å². The van der Waals surface area contributed by atoms with Gasteiger partial charge in [0, 0.05) is 18.0 Å². The van der Waals surface area contributed by atoms with E-state index in [9.17, 15) is 9.50 Å². The van der Waals surface area contributed by atoms with Crippen LogP contribution in [0.5, 0.6) is 0 Å². The molecule has 1 N–H and O–H groups in total. The minimum Gasteiger partial charge on any atom is -0.387 e. The van der Waals surface area contributed by atoms with Crippen LogP contribution in [0.1, 0.15) is 26.3 Å². The molecule has 0 aromatic heterocycles. The summed E-state index contributed by atoms with van der Waals surface area (Å²) in [6, 6.07) is 4.82. The minimum absolute atomic E-state index is 0.201. The molecule has 1 atom stereocenters. The molecule has 0 bridgehead atoms. The maximum atomic E-state index is 13.7. The van der Waals surface area contributed by atoms with E-state index in [-0.39, 0.29) is 12.2 Å². The lowest BCUT2D eigenvalue weighted by atomic mass is 9.82. The Labute approximate surface area is 110 Å². The maximum Gasteiger partial charge on any atom is 0.127 e. The molecular weight excluding hydrogens is 287 g/mol. The van der Waals surface area contributed by atoms with Crippen molar-refractivity contribution < 1.29 is 14.2 Å². The van der Waals surface area contributed by atoms with Gasteiger partial charge in [-0.2, -0.15) is 0 Å². The fourth-order valence-corrected chi connectivity index (χ4v) is 1.80. The number of rotatable bonds is 4. The second-order valence-corrected chi connectivity index (χ2v) is 5.82. The Morgan fingerprint density at radius 1 is 1.35 bits per heavy atom. The molecule has 0 fully saturated rings. The quantitative estimate of drug-likeness (QED) is 0.925. The van der Waals surface area contributed by atoms with Crippen LogP contribution in [-0.4, -0.2) is 23.4 Å². The van der Waals surface area contributed by atoms with E-state index in [0.29, 0.717) is 10.0 Å². The lowest BCUT2D eigenvalue weighted by Crippen LogP contribution is -2.50. The minimum atomic E-state index is -1.14. The molecule has 0 amide bonds. The van der Waals surface area contributed by atoms with E-state index < -0.39 is 11.2 Å². The summed E-state index contributed by atoms with van der Waals surface area (Å²) < 4.78 is 19.6. The molecule has 1 aromatic carbocycles. The number of hydrogen-bond acceptors (Lipinski definition) is 2. The predicted molar refractivity (Wildman–Crippen MR) is 69.5 cm³/mol. The van der Waals surface area contributed by atoms with E-state index in [0.717, 1.165) is 0 Å². The first-order valence-corrected chi connectivity index (χ1v) is 6.20. The van der Waals surface area contributed by atoms with E-state index in [1.54, 1.807) is 32.9 Å². The van der Waals surface area contributed by atoms with Crippen LogP contribution in [0.25, 0.3) is 0 Å². The first-order chi connectivity index (χ1) is 7.69. The number of ether oxygens (including phenoxy) is 1. The van der Waals surface area contributed by atoms with Gasteiger partial charge in [-0.1, -0.05) is 22.0 Å². The number of halogens is 2. The highest BCUT2D eigenvalue weighted by Crippen LogP contribution is 2.30. The first-order valence-electron chi connectivity index (χ1n) is 5.41. The van der Waals surface area contributed by atoms with Crippen molar-refractivity contribution in [2.24, 2.45) is 0 Å². The van der Waals surface area contributed by atoms with E-state index >= 15 is 0 Å². The summed E-state index contributed by atoms with van der Waals surface area (Å²) in [6.45, 7) is 5.21. The Kier molecular flexibility index (Phi) is 4.33. The van der Waals surface area contributed by atoms with Gasteiger partial charge in [-0.25, -0.2) is 4.39 Å². The van der Waals surface area contributed by atoms with Gasteiger partial charge in [0.05, 0.1) is 11.2 Å². The normalized spacial score (nSPS) is 15.7. The summed E-state index contributed by atoms with van der Waals surface area (Å²) >= 11 is 3.20. The molecule has 0 aliphatic carbocycles. The first kappa shape index (κ1) is 14.6. The van der Waals surface area contributed by atoms with E-state index in [1.165, 1.54) is 13.2 Å². The van der Waals surface area contributed by atoms with Crippen LogP contribution in [0, 0.1) is 5.82 Å². The van der Waals surface area contributed by atoms with E-state index in [1.807, 2.05) is 0 Å². The molecule has 1 rings (SSSR count). The van der Waals surface area contributed by atoms with Crippen molar-refractivity contribution >= 4 is 15.9 Å². The van der Waals surface area contributed by atoms with Crippen molar-refractivity contribution in [3.8, 4) is 0 Å². The predicted octanol–water partition coefficient (Wildman–Crippen LogP) is 3.31. The van der Waals surface area contributed by atoms with Crippen molar-refractivity contribution in [1.29, 1.82) is 0 Å². The van der Waals surface area contributed by atoms with Crippen LogP contribution in [-0.2, 0) is 11.2 Å². The van der Waals surface area contributed by atoms with Gasteiger partial charge in [0.25, 0.3) is 0 Å². The Hall–Kier alpha value is -0.450. The topological polar surface area (TPSA) is 29.5 Å². The van der Waals surface area contributed by atoms with Crippen LogP contribution >= 0.6 is 15.9 Å². The summed E-state index contributed by atoms with van der Waals surface area (Å²) in [5.74, 6) is -0.327. The average molecular weight is 305 g/mol. The average Bonchev–Trinajstić information content (AvgIpc) is 2.22. The Morgan fingerprint density at radius 3 is 2.41 bits per heavy atom. The van der Waals surface area contributed by atoms with Crippen molar-refractivity contribution in [3.63, 3.8) is 0 Å².